The fourth-order valence-corrected chi connectivity index (χ4v) is 4.25. The largest absolute Gasteiger partial charge is 0.443 e. The van der Waals surface area contributed by atoms with Crippen LogP contribution in [0.25, 0.3) is 11.3 Å². The fourth-order valence-electron chi connectivity index (χ4n) is 3.71. The first-order chi connectivity index (χ1) is 14.7. The number of carbonyl (C=O) groups is 1. The summed E-state index contributed by atoms with van der Waals surface area (Å²) in [6.07, 6.45) is 6.50. The van der Waals surface area contributed by atoms with Crippen LogP contribution in [-0.4, -0.2) is 45.5 Å². The number of aryl methyl sites for hydroxylation is 1. The maximum absolute atomic E-state index is 11.8. The molecule has 0 saturated carbocycles. The van der Waals surface area contributed by atoms with Crippen molar-refractivity contribution in [3.05, 3.63) is 47.2 Å². The monoisotopic (exact) mass is 426 g/mol. The molecule has 1 N–H and O–H groups in total. The molecule has 8 nitrogen and oxygen atoms in total. The van der Waals surface area contributed by atoms with Crippen LogP contribution in [-0.2, 0) is 18.4 Å². The molecule has 0 unspecified atom stereocenters. The second-order valence-electron chi connectivity index (χ2n) is 7.45. The molecular formula is C21H26N6O2S. The van der Waals surface area contributed by atoms with Crippen LogP contribution in [0.15, 0.2) is 41.5 Å². The van der Waals surface area contributed by atoms with Crippen LogP contribution in [0.4, 0.5) is 10.6 Å². The summed E-state index contributed by atoms with van der Waals surface area (Å²) in [4.78, 5) is 22.9. The number of nitrogens with one attached hydrogen (secondary N) is 1. The van der Waals surface area contributed by atoms with Crippen LogP contribution in [0.2, 0.25) is 0 Å². The Morgan fingerprint density at radius 1 is 1.27 bits per heavy atom. The minimum atomic E-state index is -0.377. The predicted octanol–water partition coefficient (Wildman–Crippen LogP) is 3.47. The zero-order valence-electron chi connectivity index (χ0n) is 17.0. The van der Waals surface area contributed by atoms with Crippen molar-refractivity contribution in [1.29, 1.82) is 0 Å². The zero-order chi connectivity index (χ0) is 20.8. The van der Waals surface area contributed by atoms with E-state index in [4.69, 9.17) is 4.74 Å². The summed E-state index contributed by atoms with van der Waals surface area (Å²) >= 11 is 1.49. The number of nitrogens with zero attached hydrogens (tertiary/aromatic N) is 5. The number of pyridine rings is 1. The van der Waals surface area contributed by atoms with E-state index in [1.165, 1.54) is 11.3 Å². The number of rotatable bonds is 7. The van der Waals surface area contributed by atoms with Gasteiger partial charge in [0.25, 0.3) is 0 Å². The second kappa shape index (κ2) is 9.71. The number of ether oxygens (including phenoxy) is 1. The maximum atomic E-state index is 11.8. The van der Waals surface area contributed by atoms with Gasteiger partial charge in [-0.2, -0.15) is 5.10 Å². The van der Waals surface area contributed by atoms with E-state index in [0.717, 1.165) is 55.1 Å². The molecule has 0 spiro atoms. The Kier molecular flexibility index (Phi) is 6.58. The third-order valence-electron chi connectivity index (χ3n) is 5.46. The molecule has 1 aliphatic heterocycles. The molecule has 4 heterocycles. The van der Waals surface area contributed by atoms with Crippen LogP contribution in [0.5, 0.6) is 0 Å². The van der Waals surface area contributed by atoms with E-state index in [2.05, 4.69) is 37.4 Å². The molecule has 1 aliphatic rings. The third kappa shape index (κ3) is 5.15. The number of thiazole rings is 1. The number of piperidine rings is 1. The van der Waals surface area contributed by atoms with Gasteiger partial charge < -0.3 is 15.0 Å². The van der Waals surface area contributed by atoms with Gasteiger partial charge in [-0.05, 0) is 43.4 Å². The van der Waals surface area contributed by atoms with Crippen molar-refractivity contribution in [3.63, 3.8) is 0 Å². The van der Waals surface area contributed by atoms with Gasteiger partial charge in [-0.1, -0.05) is 0 Å². The van der Waals surface area contributed by atoms with Gasteiger partial charge in [0.05, 0.1) is 16.9 Å². The first kappa shape index (κ1) is 20.3. The highest BCUT2D eigenvalue weighted by Crippen LogP contribution is 2.25. The standard InChI is InChI=1S/C21H26N6O2S/c1-26-19(5-9-25-26)17-2-3-20(23-12-17)27-10-6-16(7-11-27)4-8-22-21(28)29-13-18-14-30-15-24-18/h2-3,5,9,12,14-16H,4,6-8,10-11,13H2,1H3,(H,22,28). The molecule has 9 heteroatoms. The van der Waals surface area contributed by atoms with E-state index in [-0.39, 0.29) is 12.7 Å². The summed E-state index contributed by atoms with van der Waals surface area (Å²) in [5.74, 6) is 1.62. The molecule has 0 bridgehead atoms. The molecular weight excluding hydrogens is 400 g/mol. The molecule has 0 radical (unpaired) electrons. The van der Waals surface area contributed by atoms with E-state index in [1.54, 1.807) is 11.7 Å². The van der Waals surface area contributed by atoms with E-state index >= 15 is 0 Å². The fraction of sp³-hybridized carbons (Fsp3) is 0.429. The Morgan fingerprint density at radius 2 is 2.13 bits per heavy atom. The first-order valence-corrected chi connectivity index (χ1v) is 11.1. The number of anilines is 1. The molecule has 1 saturated heterocycles. The first-order valence-electron chi connectivity index (χ1n) is 10.2. The maximum Gasteiger partial charge on any atom is 0.407 e. The summed E-state index contributed by atoms with van der Waals surface area (Å²) < 4.78 is 7.02. The molecule has 158 valence electrons. The predicted molar refractivity (Wildman–Crippen MR) is 116 cm³/mol. The number of amides is 1. The highest BCUT2D eigenvalue weighted by atomic mass is 32.1. The molecule has 1 amide bonds. The molecule has 30 heavy (non-hydrogen) atoms. The molecule has 0 aliphatic carbocycles. The average molecular weight is 427 g/mol. The van der Waals surface area contributed by atoms with Crippen LogP contribution in [0.3, 0.4) is 0 Å². The summed E-state index contributed by atoms with van der Waals surface area (Å²) in [5, 5.41) is 8.93. The Bertz CT molecular complexity index is 933. The molecule has 0 aromatic carbocycles. The van der Waals surface area contributed by atoms with Crippen molar-refractivity contribution in [2.45, 2.75) is 25.9 Å². The second-order valence-corrected chi connectivity index (χ2v) is 8.17. The minimum Gasteiger partial charge on any atom is -0.443 e. The quantitative estimate of drug-likeness (QED) is 0.623. The van der Waals surface area contributed by atoms with Crippen molar-refractivity contribution < 1.29 is 9.53 Å². The van der Waals surface area contributed by atoms with Crippen molar-refractivity contribution in [3.8, 4) is 11.3 Å². The van der Waals surface area contributed by atoms with Crippen molar-refractivity contribution in [2.75, 3.05) is 24.5 Å². The van der Waals surface area contributed by atoms with Crippen LogP contribution >= 0.6 is 11.3 Å². The van der Waals surface area contributed by atoms with E-state index in [1.807, 2.05) is 29.4 Å². The Morgan fingerprint density at radius 3 is 2.80 bits per heavy atom. The van der Waals surface area contributed by atoms with Crippen LogP contribution < -0.4 is 10.2 Å². The topological polar surface area (TPSA) is 85.2 Å². The Hall–Kier alpha value is -2.94. The molecule has 3 aromatic heterocycles. The van der Waals surface area contributed by atoms with E-state index in [9.17, 15) is 4.79 Å². The van der Waals surface area contributed by atoms with Gasteiger partial charge in [0, 0.05) is 50.0 Å². The van der Waals surface area contributed by atoms with Gasteiger partial charge in [0.1, 0.15) is 12.4 Å². The zero-order valence-corrected chi connectivity index (χ0v) is 17.8. The minimum absolute atomic E-state index is 0.222. The Labute approximate surface area is 179 Å². The lowest BCUT2D eigenvalue weighted by molar-refractivity contribution is 0.137. The number of carbonyl (C=O) groups excluding carboxylic acids is 1. The number of hydrogen-bond acceptors (Lipinski definition) is 7. The van der Waals surface area contributed by atoms with Gasteiger partial charge in [0.2, 0.25) is 0 Å². The van der Waals surface area contributed by atoms with Gasteiger partial charge >= 0.3 is 6.09 Å². The third-order valence-corrected chi connectivity index (χ3v) is 6.09. The van der Waals surface area contributed by atoms with Gasteiger partial charge in [0.15, 0.2) is 0 Å². The lowest BCUT2D eigenvalue weighted by atomic mass is 9.93. The van der Waals surface area contributed by atoms with Crippen molar-refractivity contribution in [2.24, 2.45) is 13.0 Å². The molecule has 4 rings (SSSR count). The molecule has 0 atom stereocenters. The lowest BCUT2D eigenvalue weighted by Gasteiger charge is -2.32. The molecule has 1 fully saturated rings. The van der Waals surface area contributed by atoms with Gasteiger partial charge in [-0.25, -0.2) is 14.8 Å². The highest BCUT2D eigenvalue weighted by molar-refractivity contribution is 7.07. The normalized spacial score (nSPS) is 14.6. The van der Waals surface area contributed by atoms with Crippen molar-refractivity contribution >= 4 is 23.2 Å². The van der Waals surface area contributed by atoms with E-state index in [0.29, 0.717) is 12.5 Å². The average Bonchev–Trinajstić information content (AvgIpc) is 3.45. The van der Waals surface area contributed by atoms with Crippen molar-refractivity contribution in [1.82, 2.24) is 25.1 Å². The SMILES string of the molecule is Cn1nccc1-c1ccc(N2CCC(CCNC(=O)OCc3cscn3)CC2)nc1. The number of aromatic nitrogens is 4. The molecule has 3 aromatic rings. The van der Waals surface area contributed by atoms with E-state index < -0.39 is 0 Å². The van der Waals surface area contributed by atoms with Gasteiger partial charge in [-0.3, -0.25) is 4.68 Å². The highest BCUT2D eigenvalue weighted by Gasteiger charge is 2.20. The summed E-state index contributed by atoms with van der Waals surface area (Å²) in [6.45, 7) is 2.83. The summed E-state index contributed by atoms with van der Waals surface area (Å²) in [5.41, 5.74) is 4.64. The number of alkyl carbamates (subject to hydrolysis) is 1. The van der Waals surface area contributed by atoms with Crippen LogP contribution in [0.1, 0.15) is 25.0 Å². The summed E-state index contributed by atoms with van der Waals surface area (Å²) in [6, 6.07) is 6.18. The Balaban J connectivity index is 1.17. The summed E-state index contributed by atoms with van der Waals surface area (Å²) in [7, 11) is 1.93. The lowest BCUT2D eigenvalue weighted by Crippen LogP contribution is -2.35. The van der Waals surface area contributed by atoms with Crippen LogP contribution in [0, 0.1) is 5.92 Å². The van der Waals surface area contributed by atoms with Gasteiger partial charge in [-0.15, -0.1) is 11.3 Å². The smallest absolute Gasteiger partial charge is 0.407 e. The number of hydrogen-bond donors (Lipinski definition) is 1.